The summed E-state index contributed by atoms with van der Waals surface area (Å²) < 4.78 is 5.89. The van der Waals surface area contributed by atoms with Crippen molar-refractivity contribution in [2.75, 3.05) is 0 Å². The van der Waals surface area contributed by atoms with Crippen molar-refractivity contribution >= 4 is 5.97 Å². The van der Waals surface area contributed by atoms with E-state index in [1.54, 1.807) is 6.92 Å². The summed E-state index contributed by atoms with van der Waals surface area (Å²) in [6.07, 6.45) is 10.3. The molecule has 0 radical (unpaired) electrons. The van der Waals surface area contributed by atoms with Crippen molar-refractivity contribution in [3.63, 3.8) is 0 Å². The zero-order valence-corrected chi connectivity index (χ0v) is 23.9. The minimum absolute atomic E-state index is 0.00109. The Morgan fingerprint density at radius 1 is 0.829 bits per heavy atom. The van der Waals surface area contributed by atoms with Gasteiger partial charge in [0.05, 0.1) is 6.10 Å². The monoisotopic (exact) mass is 484 g/mol. The lowest BCUT2D eigenvalue weighted by atomic mass is 9.32. The highest BCUT2D eigenvalue weighted by atomic mass is 16.5. The van der Waals surface area contributed by atoms with Crippen LogP contribution in [0.15, 0.2) is 12.2 Å². The molecule has 0 unspecified atom stereocenters. The lowest BCUT2D eigenvalue weighted by Gasteiger charge is -2.73. The molecule has 0 heterocycles. The predicted octanol–water partition coefficient (Wildman–Crippen LogP) is 7.57. The molecule has 0 aromatic rings. The second-order valence-corrected chi connectivity index (χ2v) is 15.4. The number of esters is 1. The summed E-state index contributed by atoms with van der Waals surface area (Å²) in [7, 11) is 0. The van der Waals surface area contributed by atoms with Crippen molar-refractivity contribution in [1.29, 1.82) is 0 Å². The summed E-state index contributed by atoms with van der Waals surface area (Å²) in [6.45, 7) is 23.2. The topological polar surface area (TPSA) is 46.5 Å². The number of carbonyl (C=O) groups is 1. The molecular weight excluding hydrogens is 432 g/mol. The van der Waals surface area contributed by atoms with Crippen LogP contribution in [0.3, 0.4) is 0 Å². The van der Waals surface area contributed by atoms with E-state index in [2.05, 4.69) is 55.0 Å². The molecular formula is C32H52O3. The molecule has 198 valence electrons. The van der Waals surface area contributed by atoms with Crippen LogP contribution in [0.2, 0.25) is 0 Å². The van der Waals surface area contributed by atoms with Crippen molar-refractivity contribution in [2.45, 2.75) is 125 Å². The van der Waals surface area contributed by atoms with Gasteiger partial charge in [0.25, 0.3) is 0 Å². The first-order valence-corrected chi connectivity index (χ1v) is 14.6. The van der Waals surface area contributed by atoms with Gasteiger partial charge in [0.15, 0.2) is 0 Å². The van der Waals surface area contributed by atoms with Gasteiger partial charge in [-0.3, -0.25) is 4.79 Å². The van der Waals surface area contributed by atoms with Crippen molar-refractivity contribution in [3.8, 4) is 0 Å². The number of aliphatic hydroxyl groups excluding tert-OH is 1. The van der Waals surface area contributed by atoms with Gasteiger partial charge in [-0.25, -0.2) is 0 Å². The molecule has 0 saturated heterocycles. The van der Waals surface area contributed by atoms with E-state index >= 15 is 0 Å². The highest BCUT2D eigenvalue weighted by molar-refractivity contribution is 5.66. The van der Waals surface area contributed by atoms with Gasteiger partial charge in [0.1, 0.15) is 6.10 Å². The van der Waals surface area contributed by atoms with E-state index in [0.29, 0.717) is 29.6 Å². The third-order valence-electron chi connectivity index (χ3n) is 13.8. The molecule has 5 aliphatic carbocycles. The molecule has 5 rings (SSSR count). The highest BCUT2D eigenvalue weighted by Gasteiger charge is 2.71. The number of rotatable bonds is 2. The van der Waals surface area contributed by atoms with E-state index in [0.717, 1.165) is 25.7 Å². The summed E-state index contributed by atoms with van der Waals surface area (Å²) in [4.78, 5) is 11.9. The van der Waals surface area contributed by atoms with Gasteiger partial charge >= 0.3 is 5.97 Å². The van der Waals surface area contributed by atoms with Gasteiger partial charge in [0.2, 0.25) is 0 Å². The van der Waals surface area contributed by atoms with Crippen LogP contribution in [0.5, 0.6) is 0 Å². The molecule has 3 heteroatoms. The fourth-order valence-electron chi connectivity index (χ4n) is 11.9. The number of aliphatic hydroxyl groups is 1. The standard InChI is InChI=1S/C32H52O3/c1-19(2)21-12-15-30(7)25(34)18-32(9)22(27(21)30)10-11-24-29(6)16-14-26(35-20(3)33)28(4,5)23(29)13-17-31(24,32)8/h21-27,34H,1,10-18H2,2-9H3/t21-,22+,23-,24+,25-,26-,27+,29-,30+,31+,32+/m0/s1. The minimum atomic E-state index is -0.213. The molecule has 11 atom stereocenters. The van der Waals surface area contributed by atoms with Gasteiger partial charge in [-0.15, -0.1) is 0 Å². The van der Waals surface area contributed by atoms with E-state index in [4.69, 9.17) is 4.74 Å². The fraction of sp³-hybridized carbons (Fsp3) is 0.906. The molecule has 5 fully saturated rings. The molecule has 0 aromatic heterocycles. The molecule has 35 heavy (non-hydrogen) atoms. The number of allylic oxidation sites excluding steroid dienone is 1. The van der Waals surface area contributed by atoms with E-state index < -0.39 is 0 Å². The molecule has 0 aromatic carbocycles. The zero-order valence-electron chi connectivity index (χ0n) is 23.9. The van der Waals surface area contributed by atoms with Crippen molar-refractivity contribution in [2.24, 2.45) is 56.7 Å². The smallest absolute Gasteiger partial charge is 0.302 e. The van der Waals surface area contributed by atoms with Crippen LogP contribution in [-0.4, -0.2) is 23.3 Å². The van der Waals surface area contributed by atoms with Crippen LogP contribution in [0.4, 0.5) is 0 Å². The second kappa shape index (κ2) is 7.84. The fourth-order valence-corrected chi connectivity index (χ4v) is 11.9. The minimum Gasteiger partial charge on any atom is -0.462 e. The van der Waals surface area contributed by atoms with Crippen molar-refractivity contribution < 1.29 is 14.6 Å². The Balaban J connectivity index is 1.53. The Morgan fingerprint density at radius 3 is 2.11 bits per heavy atom. The van der Waals surface area contributed by atoms with Crippen LogP contribution < -0.4 is 0 Å². The van der Waals surface area contributed by atoms with Crippen molar-refractivity contribution in [3.05, 3.63) is 12.2 Å². The van der Waals surface area contributed by atoms with Gasteiger partial charge in [-0.2, -0.15) is 0 Å². The van der Waals surface area contributed by atoms with E-state index in [9.17, 15) is 9.90 Å². The number of hydrogen-bond donors (Lipinski definition) is 1. The lowest BCUT2D eigenvalue weighted by Crippen LogP contribution is -2.68. The van der Waals surface area contributed by atoms with Crippen LogP contribution >= 0.6 is 0 Å². The molecule has 0 aliphatic heterocycles. The number of carbonyl (C=O) groups excluding carboxylic acids is 1. The number of fused-ring (bicyclic) bond motifs is 7. The Kier molecular flexibility index (Phi) is 5.78. The first-order chi connectivity index (χ1) is 16.1. The van der Waals surface area contributed by atoms with Gasteiger partial charge in [-0.05, 0) is 116 Å². The van der Waals surface area contributed by atoms with Crippen LogP contribution in [0.1, 0.15) is 113 Å². The molecule has 5 saturated carbocycles. The molecule has 3 nitrogen and oxygen atoms in total. The van der Waals surface area contributed by atoms with Gasteiger partial charge in [0, 0.05) is 12.3 Å². The number of ether oxygens (including phenoxy) is 1. The molecule has 0 amide bonds. The Morgan fingerprint density at radius 2 is 1.49 bits per heavy atom. The third-order valence-corrected chi connectivity index (χ3v) is 13.8. The lowest BCUT2D eigenvalue weighted by molar-refractivity contribution is -0.262. The first-order valence-electron chi connectivity index (χ1n) is 14.6. The highest BCUT2D eigenvalue weighted by Crippen LogP contribution is 2.77. The summed E-state index contributed by atoms with van der Waals surface area (Å²) in [6, 6.07) is 0. The maximum Gasteiger partial charge on any atom is 0.302 e. The Bertz CT molecular complexity index is 906. The Labute approximate surface area is 214 Å². The second-order valence-electron chi connectivity index (χ2n) is 15.4. The van der Waals surface area contributed by atoms with Crippen molar-refractivity contribution in [1.82, 2.24) is 0 Å². The van der Waals surface area contributed by atoms with Gasteiger partial charge < -0.3 is 9.84 Å². The largest absolute Gasteiger partial charge is 0.462 e. The number of hydrogen-bond acceptors (Lipinski definition) is 3. The summed E-state index contributed by atoms with van der Waals surface area (Å²) in [5.41, 5.74) is 2.03. The SMILES string of the molecule is C=C(C)[C@@H]1CC[C@@]2(C)[C@H]1[C@H]1CC[C@@H]3[C@@]4(C)CC[C@H](OC(C)=O)C(C)(C)[C@@H]4CC[C@@]3(C)[C@]1(C)C[C@@H]2O. The summed E-state index contributed by atoms with van der Waals surface area (Å²) in [5, 5.41) is 11.8. The maximum atomic E-state index is 11.9. The maximum absolute atomic E-state index is 11.9. The molecule has 0 bridgehead atoms. The normalized spacial score (nSPS) is 54.6. The summed E-state index contributed by atoms with van der Waals surface area (Å²) >= 11 is 0. The van der Waals surface area contributed by atoms with Crippen LogP contribution in [-0.2, 0) is 9.53 Å². The quantitative estimate of drug-likeness (QED) is 0.325. The van der Waals surface area contributed by atoms with Gasteiger partial charge in [-0.1, -0.05) is 53.7 Å². The Hall–Kier alpha value is -0.830. The molecule has 5 aliphatic rings. The van der Waals surface area contributed by atoms with Crippen LogP contribution in [0.25, 0.3) is 0 Å². The molecule has 1 N–H and O–H groups in total. The third kappa shape index (κ3) is 3.21. The average Bonchev–Trinajstić information content (AvgIpc) is 3.10. The van der Waals surface area contributed by atoms with E-state index in [1.807, 2.05) is 0 Å². The van der Waals surface area contributed by atoms with Crippen LogP contribution in [0, 0.1) is 56.7 Å². The van der Waals surface area contributed by atoms with E-state index in [-0.39, 0.29) is 45.3 Å². The van der Waals surface area contributed by atoms with E-state index in [1.165, 1.54) is 37.7 Å². The molecule has 0 spiro atoms. The first kappa shape index (κ1) is 25.8. The average molecular weight is 485 g/mol. The zero-order chi connectivity index (χ0) is 25.8. The predicted molar refractivity (Wildman–Crippen MR) is 142 cm³/mol. The summed E-state index contributed by atoms with van der Waals surface area (Å²) in [5.74, 6) is 2.89.